The van der Waals surface area contributed by atoms with Crippen molar-refractivity contribution in [1.29, 1.82) is 0 Å². The van der Waals surface area contributed by atoms with Crippen LogP contribution in [0.5, 0.6) is 0 Å². The molecule has 0 aliphatic carbocycles. The Morgan fingerprint density at radius 1 is 1.00 bits per heavy atom. The predicted molar refractivity (Wildman–Crippen MR) is 26.3 cm³/mol. The molecule has 0 aliphatic rings. The minimum absolute atomic E-state index is 0. The average Bonchev–Trinajstić information content (AvgIpc) is 0.811. The Hall–Kier alpha value is 0.597. The van der Waals surface area contributed by atoms with Gasteiger partial charge < -0.3 is 0 Å². The van der Waals surface area contributed by atoms with E-state index in [-0.39, 0.29) is 18.9 Å². The summed E-state index contributed by atoms with van der Waals surface area (Å²) in [5.74, 6) is 0.833. The van der Waals surface area contributed by atoms with E-state index in [0.717, 1.165) is 5.92 Å². The van der Waals surface area contributed by atoms with Crippen molar-refractivity contribution in [1.82, 2.24) is 0 Å². The zero-order valence-corrected chi connectivity index (χ0v) is 4.58. The monoisotopic (exact) mass is 65.1 g/mol. The summed E-state index contributed by atoms with van der Waals surface area (Å²) in [6.07, 6.45) is 0. The molecule has 0 fully saturated rings. The van der Waals surface area contributed by atoms with Gasteiger partial charge in [0, 0.05) is 18.9 Å². The largest absolute Gasteiger partial charge is 0.0630 e. The Labute approximate surface area is 46.1 Å². The van der Waals surface area contributed by atoms with Gasteiger partial charge in [-0.15, -0.1) is 0 Å². The molecule has 27 valence electrons. The van der Waals surface area contributed by atoms with E-state index >= 15 is 0 Å². The first-order valence-electron chi connectivity index (χ1n) is 1.73. The molecule has 0 aromatic carbocycles. The van der Waals surface area contributed by atoms with Crippen LogP contribution in [-0.2, 0) is 0 Å². The van der Waals surface area contributed by atoms with Crippen LogP contribution in [0.1, 0.15) is 20.8 Å². The summed E-state index contributed by atoms with van der Waals surface area (Å²) < 4.78 is 0. The fourth-order valence-electron chi connectivity index (χ4n) is 0. The maximum absolute atomic E-state index is 2.17. The third kappa shape index (κ3) is 86.9. The first kappa shape index (κ1) is 9.14. The van der Waals surface area contributed by atoms with Crippen LogP contribution in [0.4, 0.5) is 0 Å². The summed E-state index contributed by atoms with van der Waals surface area (Å²) in [4.78, 5) is 0. The first-order valence-corrected chi connectivity index (χ1v) is 1.73. The van der Waals surface area contributed by atoms with Crippen molar-refractivity contribution < 1.29 is 0 Å². The van der Waals surface area contributed by atoms with Gasteiger partial charge in [-0.1, -0.05) is 20.8 Å². The number of hydrogen-bond donors (Lipinski definition) is 0. The number of rotatable bonds is 0. The molecule has 0 aromatic rings. The maximum Gasteiger partial charge on any atom is 0 e. The molecule has 0 rings (SSSR count). The van der Waals surface area contributed by atoms with Crippen LogP contribution in [0.15, 0.2) is 0 Å². The van der Waals surface area contributed by atoms with Crippen molar-refractivity contribution in [3.8, 4) is 0 Å². The quantitative estimate of drug-likeness (QED) is 0.373. The summed E-state index contributed by atoms with van der Waals surface area (Å²) in [6, 6.07) is 0. The van der Waals surface area contributed by atoms with E-state index in [4.69, 9.17) is 0 Å². The van der Waals surface area contributed by atoms with Gasteiger partial charge in [-0.2, -0.15) is 0 Å². The summed E-state index contributed by atoms with van der Waals surface area (Å²) in [5.41, 5.74) is 0. The van der Waals surface area contributed by atoms with Crippen molar-refractivity contribution in [3.05, 3.63) is 0 Å². The summed E-state index contributed by atoms with van der Waals surface area (Å²) in [5, 5.41) is 0. The Morgan fingerprint density at radius 3 is 1.00 bits per heavy atom. The van der Waals surface area contributed by atoms with Gasteiger partial charge in [0.2, 0.25) is 0 Å². The van der Waals surface area contributed by atoms with E-state index in [1.807, 2.05) is 0 Å². The molecule has 0 N–H and O–H groups in total. The molecule has 0 nitrogen and oxygen atoms in total. The van der Waals surface area contributed by atoms with Gasteiger partial charge in [0.15, 0.2) is 0 Å². The molecule has 0 amide bonds. The molecule has 0 saturated carbocycles. The zero-order chi connectivity index (χ0) is 3.58. The van der Waals surface area contributed by atoms with Crippen LogP contribution < -0.4 is 0 Å². The molecule has 0 bridgehead atoms. The van der Waals surface area contributed by atoms with E-state index in [2.05, 4.69) is 20.8 Å². The second-order valence-electron chi connectivity index (χ2n) is 1.73. The molecule has 1 radical (unpaired) electrons. The van der Waals surface area contributed by atoms with Gasteiger partial charge in [0.05, 0.1) is 0 Å². The van der Waals surface area contributed by atoms with Crippen molar-refractivity contribution >= 4 is 18.9 Å². The Kier molecular flexibility index (Phi) is 8.41. The SMILES string of the molecule is CC(C)C.[Li]. The molecule has 0 aromatic heterocycles. The van der Waals surface area contributed by atoms with Crippen molar-refractivity contribution in [2.75, 3.05) is 0 Å². The Morgan fingerprint density at radius 2 is 1.00 bits per heavy atom. The Balaban J connectivity index is 0. The summed E-state index contributed by atoms with van der Waals surface area (Å²) in [6.45, 7) is 6.50. The van der Waals surface area contributed by atoms with E-state index in [9.17, 15) is 0 Å². The molecule has 0 saturated heterocycles. The van der Waals surface area contributed by atoms with Crippen LogP contribution in [-0.4, -0.2) is 18.9 Å². The van der Waals surface area contributed by atoms with Crippen LogP contribution >= 0.6 is 0 Å². The molecule has 0 heterocycles. The van der Waals surface area contributed by atoms with Crippen LogP contribution in [0.3, 0.4) is 0 Å². The molecule has 0 atom stereocenters. The Bertz CT molecular complexity index is 8.36. The predicted octanol–water partition coefficient (Wildman–Crippen LogP) is 1.28. The smallest absolute Gasteiger partial charge is 0 e. The molecular formula is C4H10Li. The summed E-state index contributed by atoms with van der Waals surface area (Å²) >= 11 is 0. The topological polar surface area (TPSA) is 0 Å². The first-order chi connectivity index (χ1) is 1.73. The van der Waals surface area contributed by atoms with E-state index in [1.165, 1.54) is 0 Å². The maximum atomic E-state index is 2.17. The van der Waals surface area contributed by atoms with Crippen LogP contribution in [0, 0.1) is 5.92 Å². The standard InChI is InChI=1S/C4H10.Li/c1-4(2)3;/h4H,1-3H3;. The van der Waals surface area contributed by atoms with Gasteiger partial charge in [0.25, 0.3) is 0 Å². The van der Waals surface area contributed by atoms with Crippen molar-refractivity contribution in [2.24, 2.45) is 5.92 Å². The van der Waals surface area contributed by atoms with E-state index in [0.29, 0.717) is 0 Å². The van der Waals surface area contributed by atoms with E-state index < -0.39 is 0 Å². The van der Waals surface area contributed by atoms with Gasteiger partial charge in [0.1, 0.15) is 0 Å². The van der Waals surface area contributed by atoms with Gasteiger partial charge in [-0.05, 0) is 5.92 Å². The fraction of sp³-hybridized carbons (Fsp3) is 1.00. The van der Waals surface area contributed by atoms with Crippen molar-refractivity contribution in [2.45, 2.75) is 20.8 Å². The van der Waals surface area contributed by atoms with Crippen LogP contribution in [0.25, 0.3) is 0 Å². The molecule has 5 heavy (non-hydrogen) atoms. The molecule has 0 aliphatic heterocycles. The van der Waals surface area contributed by atoms with Gasteiger partial charge in [-0.25, -0.2) is 0 Å². The molecule has 0 unspecified atom stereocenters. The zero-order valence-electron chi connectivity index (χ0n) is 4.58. The minimum atomic E-state index is 0. The molecular weight excluding hydrogens is 55.0 g/mol. The second-order valence-corrected chi connectivity index (χ2v) is 1.73. The molecule has 0 spiro atoms. The summed E-state index contributed by atoms with van der Waals surface area (Å²) in [7, 11) is 0. The van der Waals surface area contributed by atoms with Crippen molar-refractivity contribution in [3.63, 3.8) is 0 Å². The normalized spacial score (nSPS) is 7.20. The third-order valence-electron chi connectivity index (χ3n) is 0. The molecule has 1 heteroatoms. The average molecular weight is 65.1 g/mol. The fourth-order valence-corrected chi connectivity index (χ4v) is 0. The minimum Gasteiger partial charge on any atom is -0.0630 e. The van der Waals surface area contributed by atoms with E-state index in [1.54, 1.807) is 0 Å². The van der Waals surface area contributed by atoms with Gasteiger partial charge >= 0.3 is 0 Å². The van der Waals surface area contributed by atoms with Gasteiger partial charge in [-0.3, -0.25) is 0 Å². The number of hydrogen-bond acceptors (Lipinski definition) is 0. The third-order valence-corrected chi connectivity index (χ3v) is 0. The second kappa shape index (κ2) is 4.60. The van der Waals surface area contributed by atoms with Crippen LogP contribution in [0.2, 0.25) is 0 Å².